The van der Waals surface area contributed by atoms with Gasteiger partial charge in [-0.25, -0.2) is 0 Å². The first-order chi connectivity index (χ1) is 22.8. The second kappa shape index (κ2) is 10.1. The van der Waals surface area contributed by atoms with Crippen molar-refractivity contribution < 1.29 is 0 Å². The second-order valence-corrected chi connectivity index (χ2v) is 14.1. The van der Waals surface area contributed by atoms with Crippen molar-refractivity contribution in [2.24, 2.45) is 0 Å². The van der Waals surface area contributed by atoms with Gasteiger partial charge in [0.1, 0.15) is 0 Å². The van der Waals surface area contributed by atoms with E-state index in [0.29, 0.717) is 0 Å². The van der Waals surface area contributed by atoms with E-state index in [4.69, 9.17) is 0 Å². The van der Waals surface area contributed by atoms with Crippen LogP contribution in [-0.2, 0) is 0 Å². The average molecular weight is 619 g/mol. The summed E-state index contributed by atoms with van der Waals surface area (Å²) in [6, 6.07) is 58.2. The zero-order chi connectivity index (χ0) is 30.2. The van der Waals surface area contributed by atoms with E-state index >= 15 is 0 Å². The van der Waals surface area contributed by atoms with Crippen molar-refractivity contribution in [3.8, 4) is 32.7 Å². The molecule has 0 saturated heterocycles. The molecule has 2 heterocycles. The van der Waals surface area contributed by atoms with Gasteiger partial charge in [0.25, 0.3) is 0 Å². The minimum Gasteiger partial charge on any atom is -0.135 e. The number of hydrogen-bond donors (Lipinski definition) is 0. The van der Waals surface area contributed by atoms with Crippen LogP contribution in [0.3, 0.4) is 0 Å². The summed E-state index contributed by atoms with van der Waals surface area (Å²) in [6.45, 7) is 0. The topological polar surface area (TPSA) is 0 Å². The molecular weight excluding hydrogens is 593 g/mol. The molecule has 0 N–H and O–H groups in total. The highest BCUT2D eigenvalue weighted by atomic mass is 32.1. The third-order valence-corrected chi connectivity index (χ3v) is 11.8. The van der Waals surface area contributed by atoms with Crippen LogP contribution in [0.5, 0.6) is 0 Å². The Morgan fingerprint density at radius 3 is 1.57 bits per heavy atom. The van der Waals surface area contributed by atoms with E-state index in [1.807, 2.05) is 22.7 Å². The molecule has 2 heteroatoms. The Hall–Kier alpha value is -5.28. The number of rotatable bonds is 3. The summed E-state index contributed by atoms with van der Waals surface area (Å²) in [5.41, 5.74) is 6.51. The lowest BCUT2D eigenvalue weighted by atomic mass is 9.83. The van der Waals surface area contributed by atoms with E-state index in [0.717, 1.165) is 0 Å². The predicted octanol–water partition coefficient (Wildman–Crippen LogP) is 13.7. The summed E-state index contributed by atoms with van der Waals surface area (Å²) >= 11 is 3.82. The van der Waals surface area contributed by atoms with Crippen LogP contribution in [0.2, 0.25) is 0 Å². The second-order valence-electron chi connectivity index (χ2n) is 12.0. The molecule has 46 heavy (non-hydrogen) atoms. The van der Waals surface area contributed by atoms with Gasteiger partial charge in [-0.2, -0.15) is 0 Å². The first-order valence-corrected chi connectivity index (χ1v) is 17.3. The van der Waals surface area contributed by atoms with Gasteiger partial charge in [-0.15, -0.1) is 22.7 Å². The van der Waals surface area contributed by atoms with Crippen LogP contribution in [0.4, 0.5) is 0 Å². The van der Waals surface area contributed by atoms with Crippen molar-refractivity contribution in [3.05, 3.63) is 158 Å². The molecule has 0 aliphatic rings. The Morgan fingerprint density at radius 2 is 0.848 bits per heavy atom. The highest BCUT2D eigenvalue weighted by molar-refractivity contribution is 7.27. The van der Waals surface area contributed by atoms with Gasteiger partial charge in [-0.05, 0) is 72.8 Å². The normalized spacial score (nSPS) is 11.9. The smallest absolute Gasteiger partial charge is 0.0434 e. The molecule has 2 aromatic heterocycles. The summed E-state index contributed by atoms with van der Waals surface area (Å²) in [5.74, 6) is 0. The molecule has 0 unspecified atom stereocenters. The standard InChI is InChI=1S/C44H26S2/c1-2-14-28(15-3-1)44-43(42-38(46-44)26-25-37-41(42)35-22-10-11-24-36(35)45-37)40-33-20-8-6-18-31(33)39(32-19-7-9-21-34(32)40)30-23-12-16-27-13-4-5-17-29(27)30/h1-26H. The fourth-order valence-corrected chi connectivity index (χ4v) is 9.90. The number of thiophene rings is 2. The summed E-state index contributed by atoms with van der Waals surface area (Å²) in [6.07, 6.45) is 0. The molecule has 0 fully saturated rings. The van der Waals surface area contributed by atoms with E-state index in [-0.39, 0.29) is 0 Å². The maximum atomic E-state index is 2.35. The summed E-state index contributed by atoms with van der Waals surface area (Å²) in [5, 5.41) is 11.8. The third kappa shape index (κ3) is 3.72. The summed E-state index contributed by atoms with van der Waals surface area (Å²) in [7, 11) is 0. The molecule has 10 aromatic rings. The molecule has 0 amide bonds. The SMILES string of the molecule is c1ccc(-c2sc3ccc4sc5ccccc5c4c3c2-c2c3ccccc3c(-c3cccc4ccccc34)c3ccccc23)cc1. The molecule has 0 radical (unpaired) electrons. The molecule has 0 bridgehead atoms. The first kappa shape index (κ1) is 26.0. The Labute approximate surface area is 274 Å². The molecule has 0 aliphatic carbocycles. The van der Waals surface area contributed by atoms with Crippen molar-refractivity contribution >= 4 is 85.2 Å². The molecule has 0 atom stereocenters. The van der Waals surface area contributed by atoms with E-state index in [2.05, 4.69) is 158 Å². The predicted molar refractivity (Wildman–Crippen MR) is 204 cm³/mol. The van der Waals surface area contributed by atoms with E-state index < -0.39 is 0 Å². The quantitative estimate of drug-likeness (QED) is 0.173. The van der Waals surface area contributed by atoms with Crippen molar-refractivity contribution in [1.29, 1.82) is 0 Å². The largest absolute Gasteiger partial charge is 0.135 e. The summed E-state index contributed by atoms with van der Waals surface area (Å²) in [4.78, 5) is 1.33. The van der Waals surface area contributed by atoms with Crippen molar-refractivity contribution in [3.63, 3.8) is 0 Å². The van der Waals surface area contributed by atoms with Gasteiger partial charge in [0, 0.05) is 40.7 Å². The Morgan fingerprint density at radius 1 is 0.304 bits per heavy atom. The molecule has 0 saturated carbocycles. The van der Waals surface area contributed by atoms with Crippen molar-refractivity contribution in [2.45, 2.75) is 0 Å². The summed E-state index contributed by atoms with van der Waals surface area (Å²) < 4.78 is 4.01. The zero-order valence-corrected chi connectivity index (χ0v) is 26.5. The molecule has 214 valence electrons. The zero-order valence-electron chi connectivity index (χ0n) is 24.8. The number of hydrogen-bond acceptors (Lipinski definition) is 2. The van der Waals surface area contributed by atoms with Gasteiger partial charge < -0.3 is 0 Å². The van der Waals surface area contributed by atoms with Gasteiger partial charge in [-0.1, -0.05) is 140 Å². The molecule has 0 spiro atoms. The maximum absolute atomic E-state index is 2.35. The van der Waals surface area contributed by atoms with Gasteiger partial charge in [0.05, 0.1) is 0 Å². The lowest BCUT2D eigenvalue weighted by molar-refractivity contribution is 1.68. The van der Waals surface area contributed by atoms with Gasteiger partial charge in [0.15, 0.2) is 0 Å². The van der Waals surface area contributed by atoms with Crippen molar-refractivity contribution in [1.82, 2.24) is 0 Å². The highest BCUT2D eigenvalue weighted by Gasteiger charge is 2.25. The molecule has 0 aliphatic heterocycles. The van der Waals surface area contributed by atoms with Gasteiger partial charge in [0.2, 0.25) is 0 Å². The molecule has 10 rings (SSSR count). The number of fused-ring (bicyclic) bond motifs is 8. The Bertz CT molecular complexity index is 2740. The van der Waals surface area contributed by atoms with Crippen LogP contribution in [0.25, 0.3) is 95.3 Å². The lowest BCUT2D eigenvalue weighted by Crippen LogP contribution is -1.92. The van der Waals surface area contributed by atoms with Crippen LogP contribution < -0.4 is 0 Å². The van der Waals surface area contributed by atoms with Crippen LogP contribution in [-0.4, -0.2) is 0 Å². The minimum atomic E-state index is 1.26. The van der Waals surface area contributed by atoms with Gasteiger partial charge >= 0.3 is 0 Å². The van der Waals surface area contributed by atoms with Crippen LogP contribution in [0.15, 0.2) is 158 Å². The fourth-order valence-electron chi connectivity index (χ4n) is 7.57. The monoisotopic (exact) mass is 618 g/mol. The van der Waals surface area contributed by atoms with Crippen LogP contribution in [0.1, 0.15) is 0 Å². The maximum Gasteiger partial charge on any atom is 0.0434 e. The molecule has 0 nitrogen and oxygen atoms in total. The van der Waals surface area contributed by atoms with E-state index in [1.54, 1.807) is 0 Å². The average Bonchev–Trinajstić information content (AvgIpc) is 3.69. The van der Waals surface area contributed by atoms with Crippen molar-refractivity contribution in [2.75, 3.05) is 0 Å². The molecular formula is C44H26S2. The van der Waals surface area contributed by atoms with Crippen LogP contribution in [0, 0.1) is 0 Å². The first-order valence-electron chi connectivity index (χ1n) is 15.7. The van der Waals surface area contributed by atoms with Crippen LogP contribution >= 0.6 is 22.7 Å². The van der Waals surface area contributed by atoms with E-state index in [9.17, 15) is 0 Å². The Kier molecular flexibility index (Phi) is 5.72. The number of benzene rings is 8. The minimum absolute atomic E-state index is 1.26. The Balaban J connectivity index is 1.45. The highest BCUT2D eigenvalue weighted by Crippen LogP contribution is 2.54. The fraction of sp³-hybridized carbons (Fsp3) is 0. The molecule has 8 aromatic carbocycles. The van der Waals surface area contributed by atoms with Gasteiger partial charge in [-0.3, -0.25) is 0 Å². The third-order valence-electron chi connectivity index (χ3n) is 9.47. The van der Waals surface area contributed by atoms with E-state index in [1.165, 1.54) is 95.3 Å². The lowest BCUT2D eigenvalue weighted by Gasteiger charge is -2.19.